The van der Waals surface area contributed by atoms with E-state index in [1.165, 1.54) is 0 Å². The Hall–Kier alpha value is -0.796. The summed E-state index contributed by atoms with van der Waals surface area (Å²) < 4.78 is 19.9. The molecule has 1 aromatic carbocycles. The van der Waals surface area contributed by atoms with Gasteiger partial charge in [0.25, 0.3) is 0 Å². The van der Waals surface area contributed by atoms with E-state index in [0.29, 0.717) is 13.2 Å². The van der Waals surface area contributed by atoms with Crippen LogP contribution in [-0.2, 0) is 25.0 Å². The number of aldehydes is 1. The van der Waals surface area contributed by atoms with Crippen LogP contribution in [0.1, 0.15) is 61.0 Å². The molecule has 190 valence electrons. The fourth-order valence-electron chi connectivity index (χ4n) is 3.21. The summed E-state index contributed by atoms with van der Waals surface area (Å²) in [4.78, 5) is 11.9. The van der Waals surface area contributed by atoms with Crippen LogP contribution in [0.15, 0.2) is 30.3 Å². The Labute approximate surface area is 206 Å². The summed E-state index contributed by atoms with van der Waals surface area (Å²) >= 11 is 0. The van der Waals surface area contributed by atoms with Crippen molar-refractivity contribution in [3.8, 4) is 0 Å². The molecule has 6 heteroatoms. The first-order valence-corrected chi connectivity index (χ1v) is 18.2. The molecule has 0 saturated carbocycles. The van der Waals surface area contributed by atoms with Gasteiger partial charge in [0.1, 0.15) is 6.29 Å². The molecular weight excluding hydrogens is 444 g/mol. The third-order valence-corrected chi connectivity index (χ3v) is 16.7. The Balaban J connectivity index is 3.19. The molecule has 0 bridgehead atoms. The van der Waals surface area contributed by atoms with Gasteiger partial charge in [-0.1, -0.05) is 85.7 Å². The molecule has 4 atom stereocenters. The van der Waals surface area contributed by atoms with Gasteiger partial charge in [-0.05, 0) is 41.8 Å². The van der Waals surface area contributed by atoms with Crippen molar-refractivity contribution in [2.75, 3.05) is 6.61 Å². The lowest BCUT2D eigenvalue weighted by atomic mass is 9.90. The molecule has 0 heterocycles. The second-order valence-electron chi connectivity index (χ2n) is 12.6. The van der Waals surface area contributed by atoms with Gasteiger partial charge in [-0.3, -0.25) is 0 Å². The number of hydrogen-bond acceptors (Lipinski definition) is 4. The number of ether oxygens (including phenoxy) is 1. The predicted molar refractivity (Wildman–Crippen MR) is 145 cm³/mol. The lowest BCUT2D eigenvalue weighted by molar-refractivity contribution is -0.116. The predicted octanol–water partition coefficient (Wildman–Crippen LogP) is 7.46. The minimum absolute atomic E-state index is 0.0178. The Morgan fingerprint density at radius 3 is 1.79 bits per heavy atom. The van der Waals surface area contributed by atoms with E-state index in [0.717, 1.165) is 11.8 Å². The van der Waals surface area contributed by atoms with Gasteiger partial charge in [0, 0.05) is 11.8 Å². The Morgan fingerprint density at radius 1 is 0.848 bits per heavy atom. The highest BCUT2D eigenvalue weighted by Gasteiger charge is 2.45. The molecule has 0 aliphatic rings. The summed E-state index contributed by atoms with van der Waals surface area (Å²) in [6.45, 7) is 27.7. The molecule has 0 aliphatic carbocycles. The van der Waals surface area contributed by atoms with Crippen molar-refractivity contribution < 1.29 is 18.4 Å². The molecule has 0 radical (unpaired) electrons. The van der Waals surface area contributed by atoms with E-state index >= 15 is 0 Å². The highest BCUT2D eigenvalue weighted by Crippen LogP contribution is 2.41. The molecule has 0 aliphatic heterocycles. The maximum atomic E-state index is 11.9. The highest BCUT2D eigenvalue weighted by molar-refractivity contribution is 6.74. The van der Waals surface area contributed by atoms with E-state index in [9.17, 15) is 4.79 Å². The van der Waals surface area contributed by atoms with E-state index in [1.807, 2.05) is 25.1 Å². The molecule has 0 fully saturated rings. The SMILES string of the molecule is C[C@@H]([C@@H](O[Si](C)(C)C(C)(C)C)[C@@H](C)C=O)[C@H](COCc1ccccc1)O[Si](C)(C)C(C)(C)C. The molecule has 1 aromatic rings. The second-order valence-corrected chi connectivity index (χ2v) is 22.1. The molecule has 1 rings (SSSR count). The first-order valence-electron chi connectivity index (χ1n) is 12.4. The van der Waals surface area contributed by atoms with Crippen LogP contribution in [0.5, 0.6) is 0 Å². The van der Waals surface area contributed by atoms with Crippen molar-refractivity contribution in [2.45, 2.75) is 110 Å². The molecule has 0 unspecified atom stereocenters. The third kappa shape index (κ3) is 8.73. The Kier molecular flexibility index (Phi) is 10.8. The number of carbonyl (C=O) groups excluding carboxylic acids is 1. The van der Waals surface area contributed by atoms with Gasteiger partial charge < -0.3 is 18.4 Å². The fourth-order valence-corrected chi connectivity index (χ4v) is 6.07. The summed E-state index contributed by atoms with van der Waals surface area (Å²) in [5.74, 6) is -0.196. The van der Waals surface area contributed by atoms with Crippen LogP contribution in [0, 0.1) is 11.8 Å². The largest absolute Gasteiger partial charge is 0.413 e. The summed E-state index contributed by atoms with van der Waals surface area (Å²) in [6, 6.07) is 10.2. The van der Waals surface area contributed by atoms with Gasteiger partial charge in [-0.2, -0.15) is 0 Å². The van der Waals surface area contributed by atoms with Gasteiger partial charge >= 0.3 is 0 Å². The number of rotatable bonds is 12. The quantitative estimate of drug-likeness (QED) is 0.223. The Bertz CT molecular complexity index is 720. The summed E-state index contributed by atoms with van der Waals surface area (Å²) in [5.41, 5.74) is 1.14. The van der Waals surface area contributed by atoms with Crippen LogP contribution in [0.2, 0.25) is 36.3 Å². The van der Waals surface area contributed by atoms with Gasteiger partial charge in [-0.25, -0.2) is 0 Å². The minimum atomic E-state index is -2.08. The zero-order valence-electron chi connectivity index (χ0n) is 23.3. The van der Waals surface area contributed by atoms with E-state index in [1.54, 1.807) is 0 Å². The number of benzene rings is 1. The van der Waals surface area contributed by atoms with E-state index in [4.69, 9.17) is 13.6 Å². The molecule has 0 spiro atoms. The average Bonchev–Trinajstić information content (AvgIpc) is 2.69. The van der Waals surface area contributed by atoms with Crippen molar-refractivity contribution >= 4 is 22.9 Å². The minimum Gasteiger partial charge on any atom is -0.413 e. The van der Waals surface area contributed by atoms with Gasteiger partial charge in [-0.15, -0.1) is 0 Å². The average molecular weight is 495 g/mol. The Morgan fingerprint density at radius 2 is 1.33 bits per heavy atom. The van der Waals surface area contributed by atoms with Crippen LogP contribution in [0.4, 0.5) is 0 Å². The van der Waals surface area contributed by atoms with Crippen LogP contribution in [-0.4, -0.2) is 41.7 Å². The van der Waals surface area contributed by atoms with Crippen molar-refractivity contribution in [3.63, 3.8) is 0 Å². The fraction of sp³-hybridized carbons (Fsp3) is 0.741. The van der Waals surface area contributed by atoms with E-state index in [-0.39, 0.29) is 34.1 Å². The lowest BCUT2D eigenvalue weighted by Crippen LogP contribution is -2.53. The molecule has 0 saturated heterocycles. The maximum absolute atomic E-state index is 11.9. The zero-order chi connectivity index (χ0) is 25.7. The lowest BCUT2D eigenvalue weighted by Gasteiger charge is -2.46. The number of carbonyl (C=O) groups is 1. The van der Waals surface area contributed by atoms with E-state index in [2.05, 4.69) is 86.8 Å². The first-order chi connectivity index (χ1) is 14.9. The van der Waals surface area contributed by atoms with Crippen LogP contribution in [0.25, 0.3) is 0 Å². The summed E-state index contributed by atoms with van der Waals surface area (Å²) in [6.07, 6.45) is 0.674. The van der Waals surface area contributed by atoms with Crippen LogP contribution < -0.4 is 0 Å². The van der Waals surface area contributed by atoms with Crippen molar-refractivity contribution in [1.29, 1.82) is 0 Å². The molecule has 33 heavy (non-hydrogen) atoms. The van der Waals surface area contributed by atoms with E-state index < -0.39 is 16.6 Å². The van der Waals surface area contributed by atoms with Gasteiger partial charge in [0.15, 0.2) is 16.6 Å². The smallest absolute Gasteiger partial charge is 0.192 e. The molecular formula is C27H50O4Si2. The first kappa shape index (κ1) is 30.2. The molecule has 0 amide bonds. The maximum Gasteiger partial charge on any atom is 0.192 e. The zero-order valence-corrected chi connectivity index (χ0v) is 25.3. The summed E-state index contributed by atoms with van der Waals surface area (Å²) in [7, 11) is -4.14. The van der Waals surface area contributed by atoms with Crippen molar-refractivity contribution in [2.24, 2.45) is 11.8 Å². The summed E-state index contributed by atoms with van der Waals surface area (Å²) in [5, 5.41) is 0.142. The van der Waals surface area contributed by atoms with Crippen molar-refractivity contribution in [3.05, 3.63) is 35.9 Å². The van der Waals surface area contributed by atoms with Gasteiger partial charge in [0.2, 0.25) is 0 Å². The standard InChI is InChI=1S/C27H50O4Si2/c1-21(18-28)25(31-33(11,12)27(6,7)8)22(2)24(30-32(9,10)26(3,4)5)20-29-19-23-16-14-13-15-17-23/h13-18,21-22,24-25H,19-20H2,1-12H3/t21-,22+,24-,25-/m0/s1. The highest BCUT2D eigenvalue weighted by atomic mass is 28.4. The van der Waals surface area contributed by atoms with Crippen molar-refractivity contribution in [1.82, 2.24) is 0 Å². The monoisotopic (exact) mass is 494 g/mol. The number of hydrogen-bond donors (Lipinski definition) is 0. The molecule has 0 N–H and O–H groups in total. The normalized spacial score (nSPS) is 17.3. The topological polar surface area (TPSA) is 44.8 Å². The van der Waals surface area contributed by atoms with Crippen LogP contribution >= 0.6 is 0 Å². The van der Waals surface area contributed by atoms with Crippen LogP contribution in [0.3, 0.4) is 0 Å². The third-order valence-electron chi connectivity index (χ3n) is 7.72. The molecule has 4 nitrogen and oxygen atoms in total. The van der Waals surface area contributed by atoms with Gasteiger partial charge in [0.05, 0.1) is 25.4 Å². The molecule has 0 aromatic heterocycles. The second kappa shape index (κ2) is 11.8.